The Morgan fingerprint density at radius 2 is 1.94 bits per heavy atom. The molecule has 1 aromatic heterocycles. The van der Waals surface area contributed by atoms with Gasteiger partial charge in [0, 0.05) is 14.4 Å². The van der Waals surface area contributed by atoms with Crippen LogP contribution in [0.15, 0.2) is 28.7 Å². The zero-order chi connectivity index (χ0) is 12.6. The Labute approximate surface area is 131 Å². The van der Waals surface area contributed by atoms with Crippen molar-refractivity contribution in [2.45, 2.75) is 11.8 Å². The minimum atomic E-state index is 0.147. The van der Waals surface area contributed by atoms with Crippen LogP contribution in [0.2, 0.25) is 9.36 Å². The fraction of sp³-hybridized carbons (Fsp3) is 0.167. The minimum absolute atomic E-state index is 0.147. The van der Waals surface area contributed by atoms with Gasteiger partial charge in [0.25, 0.3) is 0 Å². The summed E-state index contributed by atoms with van der Waals surface area (Å²) < 4.78 is 1.71. The quantitative estimate of drug-likeness (QED) is 0.485. The predicted octanol–water partition coefficient (Wildman–Crippen LogP) is 6.61. The Morgan fingerprint density at radius 1 is 1.24 bits per heavy atom. The average Bonchev–Trinajstić information content (AvgIpc) is 2.58. The summed E-state index contributed by atoms with van der Waals surface area (Å²) in [6.45, 7) is 2.06. The molecule has 1 atom stereocenters. The van der Waals surface area contributed by atoms with Gasteiger partial charge in [-0.05, 0) is 52.2 Å². The summed E-state index contributed by atoms with van der Waals surface area (Å²) in [5, 5.41) is 0.761. The van der Waals surface area contributed by atoms with Crippen LogP contribution in [0.3, 0.4) is 0 Å². The molecule has 0 radical (unpaired) electrons. The molecule has 1 heterocycles. The third-order valence-corrected chi connectivity index (χ3v) is 6.48. The number of thiophene rings is 1. The highest BCUT2D eigenvalue weighted by Crippen LogP contribution is 2.42. The Bertz CT molecular complexity index is 532. The van der Waals surface area contributed by atoms with Crippen LogP contribution in [0.5, 0.6) is 0 Å². The minimum Gasteiger partial charge on any atom is -0.126 e. The lowest BCUT2D eigenvalue weighted by Crippen LogP contribution is -1.93. The molecule has 0 amide bonds. The maximum absolute atomic E-state index is 6.06. The molecule has 1 aromatic carbocycles. The summed E-state index contributed by atoms with van der Waals surface area (Å²) in [7, 11) is 0. The first kappa shape index (κ1) is 13.9. The molecular weight excluding hydrogens is 407 g/mol. The molecule has 0 N–H and O–H groups in total. The lowest BCUT2D eigenvalue weighted by molar-refractivity contribution is 1.18. The molecule has 5 heteroatoms. The van der Waals surface area contributed by atoms with Crippen molar-refractivity contribution >= 4 is 66.4 Å². The van der Waals surface area contributed by atoms with Gasteiger partial charge in [-0.25, -0.2) is 0 Å². The zero-order valence-corrected chi connectivity index (χ0v) is 14.3. The first-order chi connectivity index (χ1) is 7.99. The third-order valence-electron chi connectivity index (χ3n) is 2.42. The molecule has 1 unspecified atom stereocenters. The standard InChI is InChI=1S/C12H8Br2Cl2S/c1-6-4-7(15)2-3-8(6)11(14)10-5-9(13)12(16)17-10/h2-5,11H,1H3. The topological polar surface area (TPSA) is 0 Å². The van der Waals surface area contributed by atoms with Crippen LogP contribution in [-0.2, 0) is 0 Å². The van der Waals surface area contributed by atoms with Gasteiger partial charge < -0.3 is 0 Å². The maximum atomic E-state index is 6.06. The number of rotatable bonds is 2. The van der Waals surface area contributed by atoms with Crippen molar-refractivity contribution in [3.63, 3.8) is 0 Å². The lowest BCUT2D eigenvalue weighted by atomic mass is 10.1. The molecular formula is C12H8Br2Cl2S. The molecule has 0 aliphatic heterocycles. The van der Waals surface area contributed by atoms with E-state index in [0.29, 0.717) is 0 Å². The van der Waals surface area contributed by atoms with E-state index >= 15 is 0 Å². The Balaban J connectivity index is 2.39. The summed E-state index contributed by atoms with van der Waals surface area (Å²) >= 11 is 20.7. The number of aryl methyl sites for hydroxylation is 1. The van der Waals surface area contributed by atoms with E-state index in [4.69, 9.17) is 23.2 Å². The molecule has 0 saturated carbocycles. The van der Waals surface area contributed by atoms with Gasteiger partial charge in [-0.1, -0.05) is 45.2 Å². The molecule has 2 aromatic rings. The zero-order valence-electron chi connectivity index (χ0n) is 8.81. The molecule has 0 fully saturated rings. The summed E-state index contributed by atoms with van der Waals surface area (Å²) in [5.41, 5.74) is 2.37. The monoisotopic (exact) mass is 412 g/mol. The van der Waals surface area contributed by atoms with Gasteiger partial charge >= 0.3 is 0 Å². The molecule has 17 heavy (non-hydrogen) atoms. The maximum Gasteiger partial charge on any atom is 0.107 e. The number of hydrogen-bond acceptors (Lipinski definition) is 1. The molecule has 2 rings (SSSR count). The van der Waals surface area contributed by atoms with E-state index in [1.165, 1.54) is 16.0 Å². The van der Waals surface area contributed by atoms with E-state index in [1.54, 1.807) is 11.3 Å². The van der Waals surface area contributed by atoms with Crippen molar-refractivity contribution in [1.29, 1.82) is 0 Å². The predicted molar refractivity (Wildman–Crippen MR) is 84.0 cm³/mol. The van der Waals surface area contributed by atoms with Gasteiger partial charge in [0.2, 0.25) is 0 Å². The van der Waals surface area contributed by atoms with Crippen LogP contribution in [0.25, 0.3) is 0 Å². The van der Waals surface area contributed by atoms with E-state index in [2.05, 4.69) is 38.8 Å². The summed E-state index contributed by atoms with van der Waals surface area (Å²) in [6.07, 6.45) is 0. The normalized spacial score (nSPS) is 12.8. The third kappa shape index (κ3) is 3.07. The van der Waals surface area contributed by atoms with Crippen molar-refractivity contribution in [2.24, 2.45) is 0 Å². The van der Waals surface area contributed by atoms with Gasteiger partial charge in [0.05, 0.1) is 4.83 Å². The van der Waals surface area contributed by atoms with E-state index < -0.39 is 0 Å². The van der Waals surface area contributed by atoms with Crippen molar-refractivity contribution in [3.8, 4) is 0 Å². The van der Waals surface area contributed by atoms with Gasteiger partial charge in [0.15, 0.2) is 0 Å². The Morgan fingerprint density at radius 3 is 2.47 bits per heavy atom. The molecule has 0 saturated heterocycles. The molecule has 90 valence electrons. The van der Waals surface area contributed by atoms with Crippen LogP contribution in [0.4, 0.5) is 0 Å². The number of hydrogen-bond donors (Lipinski definition) is 0. The second-order valence-corrected chi connectivity index (χ2v) is 7.53. The average molecular weight is 415 g/mol. The Kier molecular flexibility index (Phi) is 4.59. The number of alkyl halides is 1. The van der Waals surface area contributed by atoms with Crippen LogP contribution < -0.4 is 0 Å². The molecule has 0 aliphatic carbocycles. The van der Waals surface area contributed by atoms with Crippen LogP contribution in [0, 0.1) is 6.92 Å². The first-order valence-corrected chi connectivity index (χ1v) is 8.12. The van der Waals surface area contributed by atoms with Crippen LogP contribution >= 0.6 is 66.4 Å². The second-order valence-electron chi connectivity index (χ2n) is 3.63. The van der Waals surface area contributed by atoms with E-state index in [1.807, 2.05) is 24.3 Å². The summed E-state index contributed by atoms with van der Waals surface area (Å²) in [6, 6.07) is 7.96. The summed E-state index contributed by atoms with van der Waals surface area (Å²) in [4.78, 5) is 1.32. The van der Waals surface area contributed by atoms with E-state index in [0.717, 1.165) is 13.8 Å². The molecule has 0 bridgehead atoms. The molecule has 0 aliphatic rings. The van der Waals surface area contributed by atoms with Crippen molar-refractivity contribution < 1.29 is 0 Å². The van der Waals surface area contributed by atoms with Crippen molar-refractivity contribution in [3.05, 3.63) is 54.1 Å². The van der Waals surface area contributed by atoms with Crippen molar-refractivity contribution in [1.82, 2.24) is 0 Å². The largest absolute Gasteiger partial charge is 0.126 e. The van der Waals surface area contributed by atoms with Gasteiger partial charge in [-0.15, -0.1) is 11.3 Å². The van der Waals surface area contributed by atoms with Gasteiger partial charge in [-0.2, -0.15) is 0 Å². The van der Waals surface area contributed by atoms with Crippen LogP contribution in [0.1, 0.15) is 20.8 Å². The number of benzene rings is 1. The van der Waals surface area contributed by atoms with Crippen molar-refractivity contribution in [2.75, 3.05) is 0 Å². The second kappa shape index (κ2) is 5.62. The van der Waals surface area contributed by atoms with Gasteiger partial charge in [0.1, 0.15) is 4.34 Å². The fourth-order valence-corrected chi connectivity index (χ4v) is 4.45. The SMILES string of the molecule is Cc1cc(Cl)ccc1C(Br)c1cc(Br)c(Cl)s1. The fourth-order valence-electron chi connectivity index (χ4n) is 1.56. The van der Waals surface area contributed by atoms with E-state index in [9.17, 15) is 0 Å². The Hall–Kier alpha value is 0.460. The van der Waals surface area contributed by atoms with Gasteiger partial charge in [-0.3, -0.25) is 0 Å². The summed E-state index contributed by atoms with van der Waals surface area (Å²) in [5.74, 6) is 0. The van der Waals surface area contributed by atoms with E-state index in [-0.39, 0.29) is 4.83 Å². The lowest BCUT2D eigenvalue weighted by Gasteiger charge is -2.11. The molecule has 0 nitrogen and oxygen atoms in total. The highest BCUT2D eigenvalue weighted by atomic mass is 79.9. The first-order valence-electron chi connectivity index (χ1n) is 4.84. The number of halogens is 4. The highest BCUT2D eigenvalue weighted by Gasteiger charge is 2.16. The highest BCUT2D eigenvalue weighted by molar-refractivity contribution is 9.10. The van der Waals surface area contributed by atoms with Crippen LogP contribution in [-0.4, -0.2) is 0 Å². The molecule has 0 spiro atoms. The smallest absolute Gasteiger partial charge is 0.107 e.